The number of unbranched alkanes of at least 4 members (excludes halogenated alkanes) is 4. The number of nitrogens with one attached hydrogen (secondary N) is 1. The van der Waals surface area contributed by atoms with E-state index in [1.54, 1.807) is 0 Å². The second-order valence-corrected chi connectivity index (χ2v) is 3.04. The molecular formula is C10H25N3O2. The average Bonchev–Trinajstić information content (AvgIpc) is 2.03. The van der Waals surface area contributed by atoms with Gasteiger partial charge in [-0.2, -0.15) is 0 Å². The van der Waals surface area contributed by atoms with E-state index in [0.29, 0.717) is 0 Å². The first kappa shape index (κ1) is 19.3. The number of guanidine groups is 1. The molecule has 0 atom stereocenters. The largest absolute Gasteiger partial charge is 0.481 e. The predicted octanol–water partition coefficient (Wildman–Crippen LogP) is 1.91. The number of hydrogen-bond donors (Lipinski definition) is 4. The Morgan fingerprint density at radius 3 is 1.47 bits per heavy atom. The summed E-state index contributed by atoms with van der Waals surface area (Å²) in [6, 6.07) is 0. The summed E-state index contributed by atoms with van der Waals surface area (Å²) in [7, 11) is 0. The Hall–Kier alpha value is -1.26. The molecule has 0 aliphatic rings. The summed E-state index contributed by atoms with van der Waals surface area (Å²) in [5.41, 5.74) is 8.94. The van der Waals surface area contributed by atoms with Gasteiger partial charge in [-0.05, 0) is 0 Å². The SMILES string of the molecule is CC(=O)O.CCCCCCC.N=C(N)N. The third kappa shape index (κ3) is 196. The Labute approximate surface area is 92.4 Å². The van der Waals surface area contributed by atoms with Crippen LogP contribution in [0.2, 0.25) is 0 Å². The van der Waals surface area contributed by atoms with Gasteiger partial charge in [0.15, 0.2) is 5.96 Å². The maximum absolute atomic E-state index is 9.00. The third-order valence-electron chi connectivity index (χ3n) is 1.21. The zero-order chi connectivity index (χ0) is 12.7. The van der Waals surface area contributed by atoms with E-state index in [1.807, 2.05) is 0 Å². The van der Waals surface area contributed by atoms with Crippen LogP contribution in [0.1, 0.15) is 52.9 Å². The van der Waals surface area contributed by atoms with Crippen LogP contribution < -0.4 is 11.5 Å². The van der Waals surface area contributed by atoms with Crippen molar-refractivity contribution in [3.63, 3.8) is 0 Å². The first-order valence-corrected chi connectivity index (χ1v) is 5.17. The average molecular weight is 219 g/mol. The van der Waals surface area contributed by atoms with Crippen LogP contribution in [0.4, 0.5) is 0 Å². The summed E-state index contributed by atoms with van der Waals surface area (Å²) in [6.07, 6.45) is 7.01. The van der Waals surface area contributed by atoms with Crippen LogP contribution in [0.3, 0.4) is 0 Å². The van der Waals surface area contributed by atoms with Gasteiger partial charge in [-0.25, -0.2) is 0 Å². The van der Waals surface area contributed by atoms with E-state index in [-0.39, 0.29) is 5.96 Å². The highest BCUT2D eigenvalue weighted by molar-refractivity contribution is 5.71. The van der Waals surface area contributed by atoms with Gasteiger partial charge in [0.1, 0.15) is 0 Å². The lowest BCUT2D eigenvalue weighted by Gasteiger charge is -1.90. The predicted molar refractivity (Wildman–Crippen MR) is 63.8 cm³/mol. The molecule has 0 radical (unpaired) electrons. The lowest BCUT2D eigenvalue weighted by atomic mass is 10.2. The second kappa shape index (κ2) is 18.5. The quantitative estimate of drug-likeness (QED) is 0.328. The third-order valence-corrected chi connectivity index (χ3v) is 1.21. The van der Waals surface area contributed by atoms with Crippen molar-refractivity contribution in [1.29, 1.82) is 5.41 Å². The molecule has 0 saturated carbocycles. The highest BCUT2D eigenvalue weighted by atomic mass is 16.4. The Kier molecular flexibility index (Phi) is 23.9. The van der Waals surface area contributed by atoms with Gasteiger partial charge in [-0.3, -0.25) is 10.2 Å². The molecule has 0 saturated heterocycles. The van der Waals surface area contributed by atoms with Crippen LogP contribution in [0, 0.1) is 5.41 Å². The topological polar surface area (TPSA) is 113 Å². The molecule has 15 heavy (non-hydrogen) atoms. The first-order chi connectivity index (χ1) is 6.88. The van der Waals surface area contributed by atoms with Crippen LogP contribution in [0.5, 0.6) is 0 Å². The molecule has 0 bridgehead atoms. The van der Waals surface area contributed by atoms with Crippen LogP contribution >= 0.6 is 0 Å². The van der Waals surface area contributed by atoms with Crippen molar-refractivity contribution in [2.24, 2.45) is 11.5 Å². The lowest BCUT2D eigenvalue weighted by Crippen LogP contribution is -2.20. The van der Waals surface area contributed by atoms with Crippen LogP contribution in [-0.2, 0) is 4.79 Å². The van der Waals surface area contributed by atoms with Gasteiger partial charge in [-0.15, -0.1) is 0 Å². The van der Waals surface area contributed by atoms with E-state index in [9.17, 15) is 0 Å². The van der Waals surface area contributed by atoms with Crippen molar-refractivity contribution in [1.82, 2.24) is 0 Å². The minimum Gasteiger partial charge on any atom is -0.481 e. The van der Waals surface area contributed by atoms with Crippen LogP contribution in [-0.4, -0.2) is 17.0 Å². The second-order valence-electron chi connectivity index (χ2n) is 3.04. The number of carboxylic acid groups (broad SMARTS) is 1. The normalized spacial score (nSPS) is 7.67. The Morgan fingerprint density at radius 1 is 1.13 bits per heavy atom. The molecule has 0 spiro atoms. The highest BCUT2D eigenvalue weighted by Crippen LogP contribution is 2.00. The van der Waals surface area contributed by atoms with E-state index < -0.39 is 5.97 Å². The zero-order valence-electron chi connectivity index (χ0n) is 10.0. The zero-order valence-corrected chi connectivity index (χ0v) is 10.0. The molecule has 6 N–H and O–H groups in total. The Balaban J connectivity index is -0.000000155. The molecule has 0 aromatic rings. The molecule has 92 valence electrons. The van der Waals surface area contributed by atoms with Crippen molar-refractivity contribution in [2.75, 3.05) is 0 Å². The number of hydrogen-bond acceptors (Lipinski definition) is 2. The molecule has 0 fully saturated rings. The van der Waals surface area contributed by atoms with Gasteiger partial charge in [0, 0.05) is 6.92 Å². The van der Waals surface area contributed by atoms with Crippen molar-refractivity contribution in [3.05, 3.63) is 0 Å². The standard InChI is InChI=1S/C7H16.C2H4O2.CH5N3/c1-3-5-7-6-4-2;1-2(3)4;2-1(3)4/h3-7H2,1-2H3;1H3,(H,3,4);(H5,2,3,4). The number of carbonyl (C=O) groups is 1. The number of aliphatic carboxylic acids is 1. The van der Waals surface area contributed by atoms with Crippen molar-refractivity contribution in [3.8, 4) is 0 Å². The van der Waals surface area contributed by atoms with Gasteiger partial charge in [-0.1, -0.05) is 46.0 Å². The summed E-state index contributed by atoms with van der Waals surface area (Å²) < 4.78 is 0. The highest BCUT2D eigenvalue weighted by Gasteiger charge is 1.80. The monoisotopic (exact) mass is 219 g/mol. The number of nitrogens with two attached hydrogens (primary N) is 2. The Bertz CT molecular complexity index is 126. The van der Waals surface area contributed by atoms with E-state index in [2.05, 4.69) is 25.3 Å². The molecule has 0 aliphatic carbocycles. The maximum atomic E-state index is 9.00. The fourth-order valence-electron chi connectivity index (χ4n) is 0.677. The maximum Gasteiger partial charge on any atom is 0.300 e. The molecule has 0 unspecified atom stereocenters. The van der Waals surface area contributed by atoms with Crippen LogP contribution in [0.15, 0.2) is 0 Å². The lowest BCUT2D eigenvalue weighted by molar-refractivity contribution is -0.134. The minimum atomic E-state index is -0.833. The van der Waals surface area contributed by atoms with Crippen LogP contribution in [0.25, 0.3) is 0 Å². The summed E-state index contributed by atoms with van der Waals surface area (Å²) in [6.45, 7) is 5.57. The Morgan fingerprint density at radius 2 is 1.33 bits per heavy atom. The van der Waals surface area contributed by atoms with Crippen molar-refractivity contribution >= 4 is 11.9 Å². The van der Waals surface area contributed by atoms with Crippen molar-refractivity contribution in [2.45, 2.75) is 52.9 Å². The summed E-state index contributed by atoms with van der Waals surface area (Å²) in [5, 5.41) is 13.5. The molecule has 0 heterocycles. The molecule has 0 aliphatic heterocycles. The van der Waals surface area contributed by atoms with E-state index in [4.69, 9.17) is 15.3 Å². The van der Waals surface area contributed by atoms with E-state index in [1.165, 1.54) is 32.1 Å². The molecule has 0 rings (SSSR count). The first-order valence-electron chi connectivity index (χ1n) is 5.17. The van der Waals surface area contributed by atoms with Gasteiger partial charge in [0.25, 0.3) is 5.97 Å². The van der Waals surface area contributed by atoms with E-state index in [0.717, 1.165) is 6.92 Å². The fraction of sp³-hybridized carbons (Fsp3) is 0.800. The molecule has 5 nitrogen and oxygen atoms in total. The summed E-state index contributed by atoms with van der Waals surface area (Å²) >= 11 is 0. The van der Waals surface area contributed by atoms with Crippen molar-refractivity contribution < 1.29 is 9.90 Å². The van der Waals surface area contributed by atoms with Gasteiger partial charge >= 0.3 is 0 Å². The van der Waals surface area contributed by atoms with Gasteiger partial charge < -0.3 is 16.6 Å². The molecular weight excluding hydrogens is 194 g/mol. The summed E-state index contributed by atoms with van der Waals surface area (Å²) in [4.78, 5) is 9.00. The van der Waals surface area contributed by atoms with Gasteiger partial charge in [0.2, 0.25) is 0 Å². The molecule has 5 heteroatoms. The number of carboxylic acids is 1. The van der Waals surface area contributed by atoms with Gasteiger partial charge in [0.05, 0.1) is 0 Å². The number of rotatable bonds is 4. The molecule has 0 amide bonds. The van der Waals surface area contributed by atoms with E-state index >= 15 is 0 Å². The fourth-order valence-corrected chi connectivity index (χ4v) is 0.677. The molecule has 0 aromatic carbocycles. The summed E-state index contributed by atoms with van der Waals surface area (Å²) in [5.74, 6) is -1.17. The molecule has 0 aromatic heterocycles. The minimum absolute atomic E-state index is 0.333. The smallest absolute Gasteiger partial charge is 0.300 e.